The fraction of sp³-hybridized carbons (Fsp3) is 0.600. The highest BCUT2D eigenvalue weighted by Crippen LogP contribution is 2.50. The average Bonchev–Trinajstić information content (AvgIpc) is 2.47. The van der Waals surface area contributed by atoms with Crippen LogP contribution < -0.4 is 0 Å². The number of piperidine rings is 1. The van der Waals surface area contributed by atoms with Gasteiger partial charge in [-0.15, -0.1) is 0 Å². The predicted molar refractivity (Wildman–Crippen MR) is 71.8 cm³/mol. The number of aromatic nitrogens is 1. The lowest BCUT2D eigenvalue weighted by atomic mass is 9.60. The van der Waals surface area contributed by atoms with Crippen LogP contribution in [0.15, 0.2) is 24.5 Å². The molecule has 0 aromatic carbocycles. The minimum Gasteiger partial charge on any atom is -0.381 e. The Labute approximate surface area is 113 Å². The third kappa shape index (κ3) is 2.14. The maximum absolute atomic E-state index is 12.3. The van der Waals surface area contributed by atoms with Gasteiger partial charge in [0.2, 0.25) is 0 Å². The topological polar surface area (TPSA) is 42.4 Å². The quantitative estimate of drug-likeness (QED) is 0.818. The molecule has 1 spiro atoms. The number of hydrogen-bond acceptors (Lipinski definition) is 3. The molecule has 1 saturated carbocycles. The van der Waals surface area contributed by atoms with Crippen LogP contribution >= 0.6 is 0 Å². The van der Waals surface area contributed by atoms with Crippen LogP contribution in [0.3, 0.4) is 0 Å². The zero-order chi connectivity index (χ0) is 13.3. The van der Waals surface area contributed by atoms with Crippen LogP contribution in [0.2, 0.25) is 0 Å². The van der Waals surface area contributed by atoms with E-state index in [-0.39, 0.29) is 5.91 Å². The van der Waals surface area contributed by atoms with Gasteiger partial charge in [0, 0.05) is 43.6 Å². The zero-order valence-electron chi connectivity index (χ0n) is 11.3. The summed E-state index contributed by atoms with van der Waals surface area (Å²) >= 11 is 0. The van der Waals surface area contributed by atoms with Crippen molar-refractivity contribution < 1.29 is 9.53 Å². The molecular formula is C15H20N2O2. The van der Waals surface area contributed by atoms with Gasteiger partial charge in [0.1, 0.15) is 0 Å². The molecule has 3 rings (SSSR count). The Kier molecular flexibility index (Phi) is 3.27. The molecule has 0 N–H and O–H groups in total. The molecule has 1 aliphatic carbocycles. The van der Waals surface area contributed by atoms with Gasteiger partial charge in [-0.25, -0.2) is 0 Å². The van der Waals surface area contributed by atoms with E-state index >= 15 is 0 Å². The van der Waals surface area contributed by atoms with Crippen molar-refractivity contribution >= 4 is 5.91 Å². The lowest BCUT2D eigenvalue weighted by Gasteiger charge is -2.53. The first-order valence-electron chi connectivity index (χ1n) is 6.97. The number of likely N-dealkylation sites (tertiary alicyclic amines) is 1. The average molecular weight is 260 g/mol. The lowest BCUT2D eigenvalue weighted by Crippen LogP contribution is -2.53. The van der Waals surface area contributed by atoms with Crippen molar-refractivity contribution in [3.05, 3.63) is 30.1 Å². The molecule has 0 bridgehead atoms. The molecular weight excluding hydrogens is 240 g/mol. The minimum atomic E-state index is 0.130. The Hall–Kier alpha value is -1.42. The zero-order valence-corrected chi connectivity index (χ0v) is 11.3. The molecule has 4 nitrogen and oxygen atoms in total. The highest BCUT2D eigenvalue weighted by atomic mass is 16.5. The number of hydrogen-bond donors (Lipinski definition) is 0. The van der Waals surface area contributed by atoms with Gasteiger partial charge in [0.15, 0.2) is 0 Å². The summed E-state index contributed by atoms with van der Waals surface area (Å²) in [7, 11) is 1.81. The van der Waals surface area contributed by atoms with E-state index in [1.807, 2.05) is 4.90 Å². The Morgan fingerprint density at radius 2 is 2.00 bits per heavy atom. The van der Waals surface area contributed by atoms with Gasteiger partial charge in [0.05, 0.1) is 6.10 Å². The molecule has 2 aliphatic rings. The van der Waals surface area contributed by atoms with Gasteiger partial charge < -0.3 is 9.64 Å². The van der Waals surface area contributed by atoms with Crippen molar-refractivity contribution in [1.29, 1.82) is 0 Å². The second-order valence-electron chi connectivity index (χ2n) is 5.65. The molecule has 1 saturated heterocycles. The Morgan fingerprint density at radius 3 is 2.53 bits per heavy atom. The molecule has 1 atom stereocenters. The molecule has 1 amide bonds. The largest absolute Gasteiger partial charge is 0.381 e. The van der Waals surface area contributed by atoms with Gasteiger partial charge in [0.25, 0.3) is 5.91 Å². The summed E-state index contributed by atoms with van der Waals surface area (Å²) in [5.74, 6) is 0.130. The fourth-order valence-electron chi connectivity index (χ4n) is 3.44. The molecule has 0 radical (unpaired) electrons. The summed E-state index contributed by atoms with van der Waals surface area (Å²) in [5.41, 5.74) is 1.09. The van der Waals surface area contributed by atoms with Crippen molar-refractivity contribution in [2.45, 2.75) is 31.8 Å². The van der Waals surface area contributed by atoms with Gasteiger partial charge in [-0.05, 0) is 37.8 Å². The molecule has 19 heavy (non-hydrogen) atoms. The van der Waals surface area contributed by atoms with Crippen LogP contribution in [-0.4, -0.2) is 42.1 Å². The van der Waals surface area contributed by atoms with Crippen molar-refractivity contribution in [2.24, 2.45) is 5.41 Å². The van der Waals surface area contributed by atoms with E-state index in [2.05, 4.69) is 4.98 Å². The van der Waals surface area contributed by atoms with Gasteiger partial charge >= 0.3 is 0 Å². The second kappa shape index (κ2) is 4.93. The van der Waals surface area contributed by atoms with E-state index in [1.54, 1.807) is 31.6 Å². The fourth-order valence-corrected chi connectivity index (χ4v) is 3.44. The number of rotatable bonds is 2. The number of nitrogens with zero attached hydrogens (tertiary/aromatic N) is 2. The second-order valence-corrected chi connectivity index (χ2v) is 5.65. The van der Waals surface area contributed by atoms with Crippen molar-refractivity contribution in [2.75, 3.05) is 20.2 Å². The molecule has 1 unspecified atom stereocenters. The summed E-state index contributed by atoms with van der Waals surface area (Å²) in [4.78, 5) is 18.3. The summed E-state index contributed by atoms with van der Waals surface area (Å²) in [5, 5.41) is 0. The smallest absolute Gasteiger partial charge is 0.253 e. The summed E-state index contributed by atoms with van der Waals surface area (Å²) < 4.78 is 5.55. The Balaban J connectivity index is 1.63. The number of carbonyl (C=O) groups excluding carboxylic acids is 1. The highest BCUT2D eigenvalue weighted by Gasteiger charge is 2.48. The third-order valence-corrected chi connectivity index (χ3v) is 4.85. The van der Waals surface area contributed by atoms with Crippen molar-refractivity contribution in [3.8, 4) is 0 Å². The number of carbonyl (C=O) groups is 1. The first kappa shape index (κ1) is 12.6. The van der Waals surface area contributed by atoms with Crippen LogP contribution in [0, 0.1) is 5.41 Å². The molecule has 102 valence electrons. The van der Waals surface area contributed by atoms with Crippen LogP contribution in [0.25, 0.3) is 0 Å². The van der Waals surface area contributed by atoms with E-state index in [9.17, 15) is 4.79 Å². The molecule has 4 heteroatoms. The van der Waals surface area contributed by atoms with Gasteiger partial charge in [-0.3, -0.25) is 9.78 Å². The normalized spacial score (nSPS) is 25.1. The molecule has 2 heterocycles. The standard InChI is InChI=1S/C15H20N2O2/c1-19-13-2-5-15(13)6-10-17(11-7-15)14(18)12-3-8-16-9-4-12/h3-4,8-9,13H,2,5-7,10-11H2,1H3. The number of pyridine rings is 1. The monoisotopic (exact) mass is 260 g/mol. The lowest BCUT2D eigenvalue weighted by molar-refractivity contribution is -0.116. The van der Waals surface area contributed by atoms with Crippen LogP contribution in [0.5, 0.6) is 0 Å². The molecule has 2 fully saturated rings. The third-order valence-electron chi connectivity index (χ3n) is 4.85. The van der Waals surface area contributed by atoms with Crippen LogP contribution in [-0.2, 0) is 4.74 Å². The van der Waals surface area contributed by atoms with Crippen LogP contribution in [0.4, 0.5) is 0 Å². The van der Waals surface area contributed by atoms with Gasteiger partial charge in [-0.2, -0.15) is 0 Å². The Morgan fingerprint density at radius 1 is 1.32 bits per heavy atom. The summed E-state index contributed by atoms with van der Waals surface area (Å²) in [6.45, 7) is 1.70. The number of methoxy groups -OCH3 is 1. The van der Waals surface area contributed by atoms with Crippen molar-refractivity contribution in [1.82, 2.24) is 9.88 Å². The maximum atomic E-state index is 12.3. The SMILES string of the molecule is COC1CCC12CCN(C(=O)c1ccncc1)CC2. The van der Waals surface area contributed by atoms with Crippen LogP contribution in [0.1, 0.15) is 36.0 Å². The molecule has 1 aromatic rings. The summed E-state index contributed by atoms with van der Waals surface area (Å²) in [6.07, 6.45) is 8.32. The van der Waals surface area contributed by atoms with Crippen molar-refractivity contribution in [3.63, 3.8) is 0 Å². The number of ether oxygens (including phenoxy) is 1. The minimum absolute atomic E-state index is 0.130. The van der Waals surface area contributed by atoms with E-state index < -0.39 is 0 Å². The van der Waals surface area contributed by atoms with E-state index in [1.165, 1.54) is 12.8 Å². The first-order chi connectivity index (χ1) is 9.25. The Bertz CT molecular complexity index is 450. The number of amides is 1. The van der Waals surface area contributed by atoms with E-state index in [4.69, 9.17) is 4.74 Å². The van der Waals surface area contributed by atoms with E-state index in [0.29, 0.717) is 11.5 Å². The summed E-state index contributed by atoms with van der Waals surface area (Å²) in [6, 6.07) is 3.57. The first-order valence-corrected chi connectivity index (χ1v) is 6.97. The molecule has 1 aliphatic heterocycles. The van der Waals surface area contributed by atoms with E-state index in [0.717, 1.165) is 31.5 Å². The predicted octanol–water partition coefficient (Wildman–Crippen LogP) is 2.11. The maximum Gasteiger partial charge on any atom is 0.253 e. The highest BCUT2D eigenvalue weighted by molar-refractivity contribution is 5.94. The van der Waals surface area contributed by atoms with Gasteiger partial charge in [-0.1, -0.05) is 0 Å². The molecule has 1 aromatic heterocycles.